The van der Waals surface area contributed by atoms with E-state index in [-0.39, 0.29) is 0 Å². The van der Waals surface area contributed by atoms with Crippen LogP contribution in [0.25, 0.3) is 0 Å². The molecule has 1 heterocycles. The number of nitrogens with zero attached hydrogens (tertiary/aromatic N) is 3. The van der Waals surface area contributed by atoms with Crippen LogP contribution in [0.5, 0.6) is 0 Å². The molecule has 0 fully saturated rings. The summed E-state index contributed by atoms with van der Waals surface area (Å²) in [6.07, 6.45) is 1.93. The Bertz CT molecular complexity index is 566. The molecule has 0 spiro atoms. The van der Waals surface area contributed by atoms with E-state index in [1.165, 1.54) is 0 Å². The summed E-state index contributed by atoms with van der Waals surface area (Å²) in [7, 11) is 0. The van der Waals surface area contributed by atoms with E-state index in [4.69, 9.17) is 23.2 Å². The van der Waals surface area contributed by atoms with E-state index >= 15 is 0 Å². The Balaban J connectivity index is 1.95. The van der Waals surface area contributed by atoms with Crippen LogP contribution in [0.2, 0.25) is 10.0 Å². The molecule has 0 aliphatic heterocycles. The first kappa shape index (κ1) is 15.3. The summed E-state index contributed by atoms with van der Waals surface area (Å²) in [4.78, 5) is 0. The van der Waals surface area contributed by atoms with Gasteiger partial charge in [0.25, 0.3) is 0 Å². The summed E-state index contributed by atoms with van der Waals surface area (Å²) in [5, 5.41) is 12.9. The van der Waals surface area contributed by atoms with Gasteiger partial charge in [-0.05, 0) is 30.2 Å². The molecule has 2 aromatic rings. The molecule has 0 amide bonds. The molecule has 0 unspecified atom stereocenters. The third-order valence-corrected chi connectivity index (χ3v) is 3.38. The van der Waals surface area contributed by atoms with Crippen LogP contribution in [0.4, 0.5) is 0 Å². The van der Waals surface area contributed by atoms with Crippen LogP contribution in [-0.2, 0) is 13.1 Å². The number of rotatable bonds is 6. The average Bonchev–Trinajstić information content (AvgIpc) is 2.80. The fourth-order valence-corrected chi connectivity index (χ4v) is 2.28. The minimum absolute atomic E-state index is 0.590. The zero-order chi connectivity index (χ0) is 14.5. The maximum Gasteiger partial charge on any atom is 0.0964 e. The fraction of sp³-hybridized carbons (Fsp3) is 0.429. The monoisotopic (exact) mass is 312 g/mol. The normalized spacial score (nSPS) is 11.2. The third kappa shape index (κ3) is 4.47. The lowest BCUT2D eigenvalue weighted by atomic mass is 10.2. The summed E-state index contributed by atoms with van der Waals surface area (Å²) in [6.45, 7) is 6.63. The Morgan fingerprint density at radius 1 is 1.30 bits per heavy atom. The number of hydrogen-bond donors (Lipinski definition) is 1. The molecule has 20 heavy (non-hydrogen) atoms. The lowest BCUT2D eigenvalue weighted by molar-refractivity contribution is 0.548. The first-order valence-electron chi connectivity index (χ1n) is 6.58. The van der Waals surface area contributed by atoms with E-state index < -0.39 is 0 Å². The zero-order valence-corrected chi connectivity index (χ0v) is 13.1. The molecule has 0 atom stereocenters. The topological polar surface area (TPSA) is 42.7 Å². The minimum Gasteiger partial charge on any atom is -0.311 e. The van der Waals surface area contributed by atoms with Gasteiger partial charge >= 0.3 is 0 Å². The smallest absolute Gasteiger partial charge is 0.0964 e. The Morgan fingerprint density at radius 2 is 2.10 bits per heavy atom. The van der Waals surface area contributed by atoms with Gasteiger partial charge in [-0.25, -0.2) is 4.68 Å². The van der Waals surface area contributed by atoms with Crippen molar-refractivity contribution in [2.24, 2.45) is 5.92 Å². The maximum atomic E-state index is 6.15. The van der Waals surface area contributed by atoms with Gasteiger partial charge < -0.3 is 5.32 Å². The summed E-state index contributed by atoms with van der Waals surface area (Å²) in [6, 6.07) is 5.47. The molecular formula is C14H18Cl2N4. The van der Waals surface area contributed by atoms with Gasteiger partial charge in [0.15, 0.2) is 0 Å². The molecule has 0 saturated heterocycles. The van der Waals surface area contributed by atoms with Crippen molar-refractivity contribution < 1.29 is 0 Å². The standard InChI is InChI=1S/C14H18Cl2N4/c1-10(2)6-17-7-13-9-20(19-18-13)8-11-3-4-12(15)5-14(11)16/h3-5,9-10,17H,6-8H2,1-2H3. The summed E-state index contributed by atoms with van der Waals surface area (Å²) in [5.74, 6) is 0.623. The van der Waals surface area contributed by atoms with Gasteiger partial charge in [-0.15, -0.1) is 5.10 Å². The van der Waals surface area contributed by atoms with Gasteiger partial charge in [0.2, 0.25) is 0 Å². The van der Waals surface area contributed by atoms with Gasteiger partial charge in [0.1, 0.15) is 0 Å². The van der Waals surface area contributed by atoms with Crippen molar-refractivity contribution in [3.8, 4) is 0 Å². The van der Waals surface area contributed by atoms with Gasteiger partial charge in [-0.2, -0.15) is 0 Å². The summed E-state index contributed by atoms with van der Waals surface area (Å²) < 4.78 is 1.78. The van der Waals surface area contributed by atoms with Crippen molar-refractivity contribution in [1.29, 1.82) is 0 Å². The zero-order valence-electron chi connectivity index (χ0n) is 11.6. The van der Waals surface area contributed by atoms with Crippen LogP contribution in [0.1, 0.15) is 25.1 Å². The predicted octanol–water partition coefficient (Wildman–Crippen LogP) is 3.38. The quantitative estimate of drug-likeness (QED) is 0.889. The third-order valence-electron chi connectivity index (χ3n) is 2.79. The Morgan fingerprint density at radius 3 is 2.80 bits per heavy atom. The van der Waals surface area contributed by atoms with Crippen molar-refractivity contribution >= 4 is 23.2 Å². The highest BCUT2D eigenvalue weighted by atomic mass is 35.5. The fourth-order valence-electron chi connectivity index (χ4n) is 1.81. The van der Waals surface area contributed by atoms with Crippen LogP contribution < -0.4 is 5.32 Å². The highest BCUT2D eigenvalue weighted by molar-refractivity contribution is 6.35. The predicted molar refractivity (Wildman–Crippen MR) is 82.1 cm³/mol. The van der Waals surface area contributed by atoms with E-state index in [0.29, 0.717) is 22.5 Å². The number of aromatic nitrogens is 3. The second-order valence-corrected chi connectivity index (χ2v) is 6.01. The molecule has 0 bridgehead atoms. The van der Waals surface area contributed by atoms with Crippen molar-refractivity contribution in [3.63, 3.8) is 0 Å². The summed E-state index contributed by atoms with van der Waals surface area (Å²) >= 11 is 12.0. The van der Waals surface area contributed by atoms with Gasteiger partial charge in [-0.1, -0.05) is 48.3 Å². The highest BCUT2D eigenvalue weighted by Gasteiger charge is 2.05. The molecule has 1 N–H and O–H groups in total. The second-order valence-electron chi connectivity index (χ2n) is 5.17. The molecule has 1 aromatic carbocycles. The van der Waals surface area contributed by atoms with E-state index in [1.54, 1.807) is 10.7 Å². The molecule has 1 aromatic heterocycles. The van der Waals surface area contributed by atoms with Crippen molar-refractivity contribution in [1.82, 2.24) is 20.3 Å². The maximum absolute atomic E-state index is 6.15. The number of halogens is 2. The lowest BCUT2D eigenvalue weighted by Gasteiger charge is -2.05. The number of benzene rings is 1. The van der Waals surface area contributed by atoms with Gasteiger partial charge in [0.05, 0.1) is 18.4 Å². The lowest BCUT2D eigenvalue weighted by Crippen LogP contribution is -2.19. The Labute approximate surface area is 129 Å². The minimum atomic E-state index is 0.590. The molecule has 0 aliphatic carbocycles. The van der Waals surface area contributed by atoms with Crippen molar-refractivity contribution in [2.75, 3.05) is 6.54 Å². The molecule has 0 saturated carbocycles. The number of hydrogen-bond acceptors (Lipinski definition) is 3. The van der Waals surface area contributed by atoms with Gasteiger partial charge in [0, 0.05) is 16.6 Å². The van der Waals surface area contributed by atoms with Crippen LogP contribution in [0.15, 0.2) is 24.4 Å². The second kappa shape index (κ2) is 7.07. The van der Waals surface area contributed by atoms with Crippen LogP contribution in [-0.4, -0.2) is 21.5 Å². The largest absolute Gasteiger partial charge is 0.311 e. The Kier molecular flexibility index (Phi) is 5.40. The molecule has 108 valence electrons. The Hall–Kier alpha value is -1.10. The number of nitrogens with one attached hydrogen (secondary N) is 1. The van der Waals surface area contributed by atoms with E-state index in [1.807, 2.05) is 18.3 Å². The summed E-state index contributed by atoms with van der Waals surface area (Å²) in [5.41, 5.74) is 1.90. The van der Waals surface area contributed by atoms with Crippen molar-refractivity contribution in [3.05, 3.63) is 45.7 Å². The SMILES string of the molecule is CC(C)CNCc1cn(Cc2ccc(Cl)cc2Cl)nn1. The van der Waals surface area contributed by atoms with Crippen molar-refractivity contribution in [2.45, 2.75) is 26.9 Å². The van der Waals surface area contributed by atoms with E-state index in [2.05, 4.69) is 29.5 Å². The molecule has 2 rings (SSSR count). The first-order valence-corrected chi connectivity index (χ1v) is 7.34. The van der Waals surface area contributed by atoms with E-state index in [0.717, 1.165) is 24.3 Å². The molecule has 6 heteroatoms. The average molecular weight is 313 g/mol. The van der Waals surface area contributed by atoms with Crippen LogP contribution >= 0.6 is 23.2 Å². The molecule has 0 aliphatic rings. The molecular weight excluding hydrogens is 295 g/mol. The highest BCUT2D eigenvalue weighted by Crippen LogP contribution is 2.21. The first-order chi connectivity index (χ1) is 9.54. The van der Waals surface area contributed by atoms with Gasteiger partial charge in [-0.3, -0.25) is 0 Å². The van der Waals surface area contributed by atoms with E-state index in [9.17, 15) is 0 Å². The van der Waals surface area contributed by atoms with Crippen LogP contribution in [0.3, 0.4) is 0 Å². The van der Waals surface area contributed by atoms with Crippen LogP contribution in [0, 0.1) is 5.92 Å². The molecule has 0 radical (unpaired) electrons. The molecule has 4 nitrogen and oxygen atoms in total.